The fourth-order valence-corrected chi connectivity index (χ4v) is 4.29. The average molecular weight is 402 g/mol. The van der Waals surface area contributed by atoms with Gasteiger partial charge in [-0.3, -0.25) is 0 Å². The maximum absolute atomic E-state index is 5.55. The van der Waals surface area contributed by atoms with E-state index in [1.165, 1.54) is 10.6 Å². The Kier molecular flexibility index (Phi) is 7.95. The zero-order chi connectivity index (χ0) is 20.4. The number of rotatable bonds is 5. The molecule has 29 heavy (non-hydrogen) atoms. The standard InChI is InChI=1S/C14H16O2.C12H11P/c1-15-14(16-2)11-7-6-10-13(14)12-8-4-3-5-9-12;1-3-7-11(8-4-1)13-12-9-5-2-6-10-12/h3-10H,11H2,1-2H3;1-10,13H. The van der Waals surface area contributed by atoms with Crippen molar-refractivity contribution in [1.82, 2.24) is 0 Å². The first-order chi connectivity index (χ1) is 14.3. The summed E-state index contributed by atoms with van der Waals surface area (Å²) >= 11 is 0. The Morgan fingerprint density at radius 1 is 0.690 bits per heavy atom. The molecule has 3 heteroatoms. The third-order valence-corrected chi connectivity index (χ3v) is 6.02. The molecule has 0 aromatic heterocycles. The van der Waals surface area contributed by atoms with E-state index in [4.69, 9.17) is 9.47 Å². The van der Waals surface area contributed by atoms with Gasteiger partial charge in [0.15, 0.2) is 5.79 Å². The molecule has 3 aromatic carbocycles. The van der Waals surface area contributed by atoms with Crippen molar-refractivity contribution in [3.63, 3.8) is 0 Å². The highest BCUT2D eigenvalue weighted by Crippen LogP contribution is 2.36. The van der Waals surface area contributed by atoms with Crippen molar-refractivity contribution in [1.29, 1.82) is 0 Å². The summed E-state index contributed by atoms with van der Waals surface area (Å²) in [6.07, 6.45) is 6.88. The molecule has 0 atom stereocenters. The minimum atomic E-state index is -0.643. The van der Waals surface area contributed by atoms with E-state index >= 15 is 0 Å². The minimum absolute atomic E-state index is 0.643. The van der Waals surface area contributed by atoms with Crippen molar-refractivity contribution in [2.75, 3.05) is 14.2 Å². The zero-order valence-corrected chi connectivity index (χ0v) is 17.9. The molecular formula is C26H27O2P. The topological polar surface area (TPSA) is 18.5 Å². The van der Waals surface area contributed by atoms with Gasteiger partial charge in [-0.05, 0) is 16.2 Å². The van der Waals surface area contributed by atoms with Crippen molar-refractivity contribution in [2.24, 2.45) is 0 Å². The molecule has 0 N–H and O–H groups in total. The lowest BCUT2D eigenvalue weighted by atomic mass is 9.91. The Bertz CT molecular complexity index is 877. The molecule has 0 aliphatic heterocycles. The quantitative estimate of drug-likeness (QED) is 0.424. The largest absolute Gasteiger partial charge is 0.349 e. The van der Waals surface area contributed by atoms with Crippen LogP contribution in [0.3, 0.4) is 0 Å². The smallest absolute Gasteiger partial charge is 0.198 e. The van der Waals surface area contributed by atoms with Crippen molar-refractivity contribution in [3.05, 3.63) is 115 Å². The van der Waals surface area contributed by atoms with Crippen molar-refractivity contribution in [3.8, 4) is 0 Å². The molecule has 1 aliphatic rings. The second-order valence-corrected chi connectivity index (χ2v) is 8.00. The van der Waals surface area contributed by atoms with Gasteiger partial charge in [0.2, 0.25) is 0 Å². The molecule has 1 aliphatic carbocycles. The summed E-state index contributed by atoms with van der Waals surface area (Å²) in [5.41, 5.74) is 2.20. The lowest BCUT2D eigenvalue weighted by Crippen LogP contribution is -2.35. The molecule has 0 spiro atoms. The van der Waals surface area contributed by atoms with Crippen LogP contribution in [0.4, 0.5) is 0 Å². The predicted molar refractivity (Wildman–Crippen MR) is 125 cm³/mol. The molecule has 2 nitrogen and oxygen atoms in total. The van der Waals surface area contributed by atoms with E-state index in [-0.39, 0.29) is 0 Å². The summed E-state index contributed by atoms with van der Waals surface area (Å²) in [4.78, 5) is 0. The van der Waals surface area contributed by atoms with Crippen LogP contribution in [0.15, 0.2) is 109 Å². The first-order valence-corrected chi connectivity index (χ1v) is 10.7. The molecule has 148 valence electrons. The number of benzene rings is 3. The monoisotopic (exact) mass is 402 g/mol. The van der Waals surface area contributed by atoms with Crippen LogP contribution >= 0.6 is 8.58 Å². The lowest BCUT2D eigenvalue weighted by molar-refractivity contribution is -0.159. The maximum atomic E-state index is 5.55. The Morgan fingerprint density at radius 3 is 1.66 bits per heavy atom. The highest BCUT2D eigenvalue weighted by Gasteiger charge is 2.35. The molecule has 4 rings (SSSR count). The van der Waals surface area contributed by atoms with Crippen LogP contribution < -0.4 is 10.6 Å². The summed E-state index contributed by atoms with van der Waals surface area (Å²) in [5, 5.41) is 2.79. The normalized spacial score (nSPS) is 14.5. The van der Waals surface area contributed by atoms with Gasteiger partial charge in [0.05, 0.1) is 0 Å². The van der Waals surface area contributed by atoms with Gasteiger partial charge in [-0.2, -0.15) is 0 Å². The Labute approximate surface area is 175 Å². The first-order valence-electron chi connectivity index (χ1n) is 9.67. The highest BCUT2D eigenvalue weighted by molar-refractivity contribution is 7.55. The molecule has 0 fully saturated rings. The van der Waals surface area contributed by atoms with Crippen molar-refractivity contribution < 1.29 is 9.47 Å². The minimum Gasteiger partial charge on any atom is -0.349 e. The van der Waals surface area contributed by atoms with Gasteiger partial charge in [0.25, 0.3) is 0 Å². The van der Waals surface area contributed by atoms with Gasteiger partial charge in [-0.15, -0.1) is 0 Å². The summed E-state index contributed by atoms with van der Waals surface area (Å²) in [5.74, 6) is -0.643. The van der Waals surface area contributed by atoms with Gasteiger partial charge < -0.3 is 9.47 Å². The van der Waals surface area contributed by atoms with E-state index in [1.807, 2.05) is 30.4 Å². The van der Waals surface area contributed by atoms with Crippen LogP contribution in [0.5, 0.6) is 0 Å². The predicted octanol–water partition coefficient (Wildman–Crippen LogP) is 5.33. The molecular weight excluding hydrogens is 375 g/mol. The van der Waals surface area contributed by atoms with Crippen LogP contribution in [0, 0.1) is 0 Å². The van der Waals surface area contributed by atoms with E-state index in [0.717, 1.165) is 26.1 Å². The number of methoxy groups -OCH3 is 2. The van der Waals surface area contributed by atoms with E-state index in [9.17, 15) is 0 Å². The Hall–Kier alpha value is -2.51. The van der Waals surface area contributed by atoms with Crippen LogP contribution in [-0.4, -0.2) is 20.0 Å². The summed E-state index contributed by atoms with van der Waals surface area (Å²) in [6, 6.07) is 31.3. The second-order valence-electron chi connectivity index (χ2n) is 6.60. The van der Waals surface area contributed by atoms with Gasteiger partial charge in [0.1, 0.15) is 0 Å². The van der Waals surface area contributed by atoms with Gasteiger partial charge >= 0.3 is 0 Å². The summed E-state index contributed by atoms with van der Waals surface area (Å²) < 4.78 is 11.1. The van der Waals surface area contributed by atoms with Gasteiger partial charge in [-0.25, -0.2) is 0 Å². The highest BCUT2D eigenvalue weighted by atomic mass is 31.1. The number of ether oxygens (including phenoxy) is 2. The second kappa shape index (κ2) is 10.9. The molecule has 0 saturated heterocycles. The summed E-state index contributed by atoms with van der Waals surface area (Å²) in [6.45, 7) is 0. The third-order valence-electron chi connectivity index (χ3n) is 4.78. The Morgan fingerprint density at radius 2 is 1.17 bits per heavy atom. The van der Waals surface area contributed by atoms with E-state index in [2.05, 4.69) is 78.9 Å². The number of hydrogen-bond donors (Lipinski definition) is 0. The fraction of sp³-hybridized carbons (Fsp3) is 0.154. The third kappa shape index (κ3) is 5.74. The average Bonchev–Trinajstić information content (AvgIpc) is 2.81. The van der Waals surface area contributed by atoms with E-state index < -0.39 is 5.79 Å². The van der Waals surface area contributed by atoms with Crippen molar-refractivity contribution in [2.45, 2.75) is 12.2 Å². The van der Waals surface area contributed by atoms with Gasteiger partial charge in [-0.1, -0.05) is 118 Å². The van der Waals surface area contributed by atoms with E-state index in [0.29, 0.717) is 0 Å². The van der Waals surface area contributed by atoms with Gasteiger partial charge in [0, 0.05) is 26.2 Å². The van der Waals surface area contributed by atoms with Crippen LogP contribution in [0.2, 0.25) is 0 Å². The zero-order valence-electron chi connectivity index (χ0n) is 16.9. The molecule has 0 radical (unpaired) electrons. The lowest BCUT2D eigenvalue weighted by Gasteiger charge is -2.34. The van der Waals surface area contributed by atoms with Crippen LogP contribution in [0.1, 0.15) is 12.0 Å². The first kappa shape index (κ1) is 21.2. The number of allylic oxidation sites excluding steroid dienone is 2. The number of hydrogen-bond acceptors (Lipinski definition) is 2. The fourth-order valence-electron chi connectivity index (χ4n) is 3.24. The molecule has 0 unspecified atom stereocenters. The Balaban J connectivity index is 0.000000169. The molecule has 3 aromatic rings. The molecule has 0 amide bonds. The van der Waals surface area contributed by atoms with Crippen molar-refractivity contribution >= 4 is 24.8 Å². The van der Waals surface area contributed by atoms with Crippen LogP contribution in [-0.2, 0) is 9.47 Å². The van der Waals surface area contributed by atoms with Crippen LogP contribution in [0.25, 0.3) is 5.57 Å². The SMILES string of the molecule is COC1(OC)CC=CC=C1c1ccccc1.c1ccc(Pc2ccccc2)cc1. The van der Waals surface area contributed by atoms with E-state index in [1.54, 1.807) is 14.2 Å². The maximum Gasteiger partial charge on any atom is 0.198 e. The molecule has 0 bridgehead atoms. The molecule has 0 saturated carbocycles. The summed E-state index contributed by atoms with van der Waals surface area (Å²) in [7, 11) is 4.14. The molecule has 0 heterocycles.